The third-order valence-electron chi connectivity index (χ3n) is 2.34. The predicted molar refractivity (Wildman–Crippen MR) is 63.7 cm³/mol. The van der Waals surface area contributed by atoms with Crippen molar-refractivity contribution in [2.45, 2.75) is 4.90 Å². The molecule has 0 bridgehead atoms. The number of aromatic nitrogens is 2. The lowest BCUT2D eigenvalue weighted by molar-refractivity contribution is 0.384. The van der Waals surface area contributed by atoms with Gasteiger partial charge in [-0.15, -0.1) is 0 Å². The van der Waals surface area contributed by atoms with E-state index in [1.807, 2.05) is 0 Å². The Kier molecular flexibility index (Phi) is 2.89. The molecule has 0 aliphatic rings. The zero-order chi connectivity index (χ0) is 12.5. The average Bonchev–Trinajstić information content (AvgIpc) is 2.76. The Hall–Kier alpha value is -1.82. The molecule has 0 aliphatic carbocycles. The van der Waals surface area contributed by atoms with Gasteiger partial charge in [0, 0.05) is 6.26 Å². The number of rotatable bonds is 3. The van der Waals surface area contributed by atoms with Crippen LogP contribution in [0.5, 0.6) is 6.01 Å². The summed E-state index contributed by atoms with van der Waals surface area (Å²) in [5, 5.41) is 0. The minimum Gasteiger partial charge on any atom is -0.468 e. The number of ether oxygens (including phenoxy) is 1. The van der Waals surface area contributed by atoms with Crippen molar-refractivity contribution in [1.29, 1.82) is 0 Å². The van der Waals surface area contributed by atoms with Crippen molar-refractivity contribution in [2.75, 3.05) is 13.4 Å². The number of hydrogen-bond donors (Lipinski definition) is 1. The summed E-state index contributed by atoms with van der Waals surface area (Å²) < 4.78 is 27.5. The summed E-state index contributed by atoms with van der Waals surface area (Å²) in [6, 6.07) is 7.01. The van der Waals surface area contributed by atoms with Gasteiger partial charge in [-0.2, -0.15) is 0 Å². The van der Waals surface area contributed by atoms with Gasteiger partial charge in [0.15, 0.2) is 9.84 Å². The molecule has 6 heteroatoms. The lowest BCUT2D eigenvalue weighted by Crippen LogP contribution is -1.96. The van der Waals surface area contributed by atoms with Gasteiger partial charge < -0.3 is 9.72 Å². The number of methoxy groups -OCH3 is 1. The van der Waals surface area contributed by atoms with Gasteiger partial charge in [0.25, 0.3) is 6.01 Å². The first-order valence-corrected chi connectivity index (χ1v) is 6.79. The van der Waals surface area contributed by atoms with Crippen LogP contribution in [0.2, 0.25) is 0 Å². The fraction of sp³-hybridized carbons (Fsp3) is 0.182. The molecule has 1 aromatic heterocycles. The lowest BCUT2D eigenvalue weighted by atomic mass is 10.2. The van der Waals surface area contributed by atoms with Crippen molar-refractivity contribution in [3.63, 3.8) is 0 Å². The molecule has 2 aromatic rings. The highest BCUT2D eigenvalue weighted by atomic mass is 32.2. The fourth-order valence-corrected chi connectivity index (χ4v) is 2.07. The summed E-state index contributed by atoms with van der Waals surface area (Å²) in [6.45, 7) is 0. The largest absolute Gasteiger partial charge is 0.468 e. The molecule has 1 heterocycles. The van der Waals surface area contributed by atoms with Gasteiger partial charge in [-0.25, -0.2) is 13.4 Å². The van der Waals surface area contributed by atoms with Crippen LogP contribution in [0.1, 0.15) is 0 Å². The van der Waals surface area contributed by atoms with Gasteiger partial charge >= 0.3 is 0 Å². The molecule has 17 heavy (non-hydrogen) atoms. The lowest BCUT2D eigenvalue weighted by Gasteiger charge is -2.00. The van der Waals surface area contributed by atoms with Gasteiger partial charge in [0.2, 0.25) is 0 Å². The van der Waals surface area contributed by atoms with Crippen LogP contribution in [0.15, 0.2) is 35.4 Å². The maximum Gasteiger partial charge on any atom is 0.293 e. The molecule has 90 valence electrons. The average molecular weight is 252 g/mol. The summed E-state index contributed by atoms with van der Waals surface area (Å²) in [6.07, 6.45) is 2.81. The molecule has 1 aromatic carbocycles. The molecule has 0 radical (unpaired) electrons. The quantitative estimate of drug-likeness (QED) is 0.898. The van der Waals surface area contributed by atoms with Crippen LogP contribution in [-0.4, -0.2) is 31.8 Å². The molecule has 0 unspecified atom stereocenters. The number of nitrogens with one attached hydrogen (secondary N) is 1. The number of nitrogens with zero attached hydrogens (tertiary/aromatic N) is 1. The van der Waals surface area contributed by atoms with E-state index in [1.165, 1.54) is 13.4 Å². The Morgan fingerprint density at radius 3 is 2.35 bits per heavy atom. The van der Waals surface area contributed by atoms with E-state index in [1.54, 1.807) is 30.5 Å². The predicted octanol–water partition coefficient (Wildman–Crippen LogP) is 1.49. The number of benzene rings is 1. The number of imidazole rings is 1. The Bertz CT molecular complexity index is 614. The van der Waals surface area contributed by atoms with Crippen molar-refractivity contribution in [3.05, 3.63) is 30.5 Å². The van der Waals surface area contributed by atoms with Gasteiger partial charge in [0.05, 0.1) is 23.9 Å². The SMILES string of the molecule is COc1ncc(-c2ccc(S(C)(=O)=O)cc2)[nH]1. The number of H-pyrrole nitrogens is 1. The van der Waals surface area contributed by atoms with Gasteiger partial charge in [-0.3, -0.25) is 0 Å². The van der Waals surface area contributed by atoms with Crippen molar-refractivity contribution in [3.8, 4) is 17.3 Å². The number of aromatic amines is 1. The van der Waals surface area contributed by atoms with Gasteiger partial charge in [0.1, 0.15) is 0 Å². The molecular formula is C11H12N2O3S. The minimum absolute atomic E-state index is 0.299. The van der Waals surface area contributed by atoms with Crippen molar-refractivity contribution >= 4 is 9.84 Å². The van der Waals surface area contributed by atoms with Crippen molar-refractivity contribution in [1.82, 2.24) is 9.97 Å². The first-order chi connectivity index (χ1) is 8.00. The summed E-state index contributed by atoms with van der Waals surface area (Å²) in [5.74, 6) is 0. The minimum atomic E-state index is -3.15. The molecule has 0 aliphatic heterocycles. The Morgan fingerprint density at radius 1 is 1.24 bits per heavy atom. The van der Waals surface area contributed by atoms with Gasteiger partial charge in [-0.05, 0) is 17.7 Å². The Morgan fingerprint density at radius 2 is 1.88 bits per heavy atom. The van der Waals surface area contributed by atoms with Crippen molar-refractivity contribution in [2.24, 2.45) is 0 Å². The second-order valence-corrected chi connectivity index (χ2v) is 5.62. The fourth-order valence-electron chi connectivity index (χ4n) is 1.44. The van der Waals surface area contributed by atoms with Crippen LogP contribution in [0, 0.1) is 0 Å². The maximum atomic E-state index is 11.3. The van der Waals surface area contributed by atoms with Crippen LogP contribution in [-0.2, 0) is 9.84 Å². The maximum absolute atomic E-state index is 11.3. The van der Waals surface area contributed by atoms with Gasteiger partial charge in [-0.1, -0.05) is 12.1 Å². The monoisotopic (exact) mass is 252 g/mol. The highest BCUT2D eigenvalue weighted by molar-refractivity contribution is 7.90. The second kappa shape index (κ2) is 4.21. The zero-order valence-corrected chi connectivity index (χ0v) is 10.3. The Labute approximate surface area is 99.4 Å². The van der Waals surface area contributed by atoms with E-state index >= 15 is 0 Å². The van der Waals surface area contributed by atoms with Crippen LogP contribution >= 0.6 is 0 Å². The van der Waals surface area contributed by atoms with E-state index in [0.29, 0.717) is 10.9 Å². The van der Waals surface area contributed by atoms with E-state index in [9.17, 15) is 8.42 Å². The number of sulfone groups is 1. The molecule has 0 fully saturated rings. The third-order valence-corrected chi connectivity index (χ3v) is 3.47. The van der Waals surface area contributed by atoms with E-state index < -0.39 is 9.84 Å². The molecule has 1 N–H and O–H groups in total. The topological polar surface area (TPSA) is 72.0 Å². The van der Waals surface area contributed by atoms with E-state index in [-0.39, 0.29) is 0 Å². The third kappa shape index (κ3) is 2.47. The van der Waals surface area contributed by atoms with Crippen LogP contribution in [0.4, 0.5) is 0 Å². The van der Waals surface area contributed by atoms with E-state index in [4.69, 9.17) is 4.74 Å². The van der Waals surface area contributed by atoms with Crippen molar-refractivity contribution < 1.29 is 13.2 Å². The molecular weight excluding hydrogens is 240 g/mol. The molecule has 2 rings (SSSR count). The van der Waals surface area contributed by atoms with Crippen LogP contribution in [0.3, 0.4) is 0 Å². The molecule has 0 saturated heterocycles. The molecule has 5 nitrogen and oxygen atoms in total. The first-order valence-electron chi connectivity index (χ1n) is 4.90. The highest BCUT2D eigenvalue weighted by Crippen LogP contribution is 2.21. The zero-order valence-electron chi connectivity index (χ0n) is 9.47. The summed E-state index contributed by atoms with van der Waals surface area (Å²) in [5.41, 5.74) is 1.63. The smallest absolute Gasteiger partial charge is 0.293 e. The van der Waals surface area contributed by atoms with E-state index in [2.05, 4.69) is 9.97 Å². The summed E-state index contributed by atoms with van der Waals surface area (Å²) >= 11 is 0. The van der Waals surface area contributed by atoms with Crippen LogP contribution < -0.4 is 4.74 Å². The normalized spacial score (nSPS) is 11.4. The molecule has 0 spiro atoms. The molecule has 0 saturated carbocycles. The van der Waals surface area contributed by atoms with Crippen LogP contribution in [0.25, 0.3) is 11.3 Å². The first kappa shape index (κ1) is 11.7. The molecule has 0 amide bonds. The standard InChI is InChI=1S/C11H12N2O3S/c1-16-11-12-7-10(13-11)8-3-5-9(6-4-8)17(2,14)15/h3-7H,1-2H3,(H,12,13). The van der Waals surface area contributed by atoms with E-state index in [0.717, 1.165) is 11.3 Å². The summed E-state index contributed by atoms with van der Waals surface area (Å²) in [4.78, 5) is 7.24. The second-order valence-electron chi connectivity index (χ2n) is 3.60. The summed E-state index contributed by atoms with van der Waals surface area (Å²) in [7, 11) is -1.63. The molecule has 0 atom stereocenters. The Balaban J connectivity index is 2.35. The highest BCUT2D eigenvalue weighted by Gasteiger charge is 2.08. The number of hydrogen-bond acceptors (Lipinski definition) is 4.